The molecule has 0 spiro atoms. The predicted molar refractivity (Wildman–Crippen MR) is 59.0 cm³/mol. The number of aromatic nitrogens is 2. The first kappa shape index (κ1) is 9.74. The Bertz CT molecular complexity index is 370. The van der Waals surface area contributed by atoms with Gasteiger partial charge in [0, 0.05) is 10.7 Å². The van der Waals surface area contributed by atoms with Crippen LogP contribution in [-0.2, 0) is 5.33 Å². The molecule has 0 aliphatic heterocycles. The van der Waals surface area contributed by atoms with Crippen molar-refractivity contribution in [2.75, 3.05) is 0 Å². The molecular weight excluding hydrogens is 284 g/mol. The summed E-state index contributed by atoms with van der Waals surface area (Å²) in [6, 6.07) is 6.25. The third-order valence-corrected chi connectivity index (χ3v) is 2.31. The van der Waals surface area contributed by atoms with Crippen molar-refractivity contribution in [3.8, 4) is 0 Å². The van der Waals surface area contributed by atoms with Crippen LogP contribution in [-0.4, -0.2) is 10.2 Å². The smallest absolute Gasteiger partial charge is 0.0653 e. The Morgan fingerprint density at radius 2 is 2.25 bits per heavy atom. The first-order valence-electron chi connectivity index (χ1n) is 3.38. The fourth-order valence-corrected chi connectivity index (χ4v) is 1.42. The molecule has 0 atom stereocenters. The van der Waals surface area contributed by atoms with Gasteiger partial charge in [0.15, 0.2) is 0 Å². The molecule has 0 fully saturated rings. The van der Waals surface area contributed by atoms with E-state index >= 15 is 0 Å². The number of hydrogen-bond acceptors (Lipinski definition) is 1. The molecule has 0 bridgehead atoms. The van der Waals surface area contributed by atoms with Crippen molar-refractivity contribution in [1.82, 2.24) is 10.2 Å². The fourth-order valence-electron chi connectivity index (χ4n) is 1.07. The van der Waals surface area contributed by atoms with Crippen molar-refractivity contribution in [2.45, 2.75) is 5.33 Å². The zero-order valence-electron chi connectivity index (χ0n) is 6.25. The molecule has 0 amide bonds. The molecule has 0 aliphatic rings. The van der Waals surface area contributed by atoms with Gasteiger partial charge in [0.2, 0.25) is 0 Å². The summed E-state index contributed by atoms with van der Waals surface area (Å²) in [5.41, 5.74) is 2.36. The molecule has 0 saturated carbocycles. The number of rotatable bonds is 1. The van der Waals surface area contributed by atoms with Crippen LogP contribution in [0.4, 0.5) is 0 Å². The Morgan fingerprint density at radius 3 is 3.00 bits per heavy atom. The van der Waals surface area contributed by atoms with Crippen LogP contribution in [0.5, 0.6) is 0 Å². The van der Waals surface area contributed by atoms with E-state index in [1.54, 1.807) is 0 Å². The number of nitrogens with zero attached hydrogens (tertiary/aromatic N) is 1. The van der Waals surface area contributed by atoms with E-state index in [0.717, 1.165) is 16.2 Å². The summed E-state index contributed by atoms with van der Waals surface area (Å²) in [5.74, 6) is 0. The van der Waals surface area contributed by atoms with Crippen LogP contribution >= 0.6 is 32.9 Å². The number of hydrogen-bond donors (Lipinski definition) is 1. The lowest BCUT2D eigenvalue weighted by molar-refractivity contribution is 1.12. The molecule has 0 aliphatic carbocycles. The minimum atomic E-state index is 0. The van der Waals surface area contributed by atoms with Gasteiger partial charge in [-0.15, -0.1) is 17.0 Å². The number of aromatic amines is 1. The normalized spacial score (nSPS) is 9.75. The van der Waals surface area contributed by atoms with Crippen molar-refractivity contribution in [3.05, 3.63) is 30.0 Å². The SMILES string of the molecule is Br.BrCc1ccc2cn[nH]c2c1. The van der Waals surface area contributed by atoms with Crippen LogP contribution in [0.3, 0.4) is 0 Å². The van der Waals surface area contributed by atoms with Gasteiger partial charge < -0.3 is 0 Å². The van der Waals surface area contributed by atoms with Crippen LogP contribution in [0.25, 0.3) is 10.9 Å². The highest BCUT2D eigenvalue weighted by Gasteiger charge is 1.95. The second-order valence-electron chi connectivity index (χ2n) is 2.43. The lowest BCUT2D eigenvalue weighted by atomic mass is 10.2. The van der Waals surface area contributed by atoms with E-state index in [4.69, 9.17) is 0 Å². The molecule has 1 N–H and O–H groups in total. The minimum absolute atomic E-state index is 0. The third kappa shape index (κ3) is 1.69. The molecule has 64 valence electrons. The molecule has 4 heteroatoms. The van der Waals surface area contributed by atoms with Gasteiger partial charge in [0.05, 0.1) is 11.7 Å². The van der Waals surface area contributed by atoms with E-state index in [0.29, 0.717) is 0 Å². The standard InChI is InChI=1S/C8H7BrN2.BrH/c9-4-6-1-2-7-5-10-11-8(7)3-6;/h1-3,5H,4H2,(H,10,11);1H. The minimum Gasteiger partial charge on any atom is -0.278 e. The zero-order valence-corrected chi connectivity index (χ0v) is 9.55. The van der Waals surface area contributed by atoms with E-state index in [2.05, 4.69) is 44.3 Å². The average molecular weight is 292 g/mol. The Balaban J connectivity index is 0.000000720. The second-order valence-corrected chi connectivity index (χ2v) is 2.99. The van der Waals surface area contributed by atoms with Crippen LogP contribution < -0.4 is 0 Å². The van der Waals surface area contributed by atoms with Gasteiger partial charge in [-0.2, -0.15) is 5.10 Å². The lowest BCUT2D eigenvalue weighted by Gasteiger charge is -1.93. The highest BCUT2D eigenvalue weighted by Crippen LogP contribution is 2.14. The van der Waals surface area contributed by atoms with E-state index in [1.165, 1.54) is 5.56 Å². The summed E-state index contributed by atoms with van der Waals surface area (Å²) in [5, 5.41) is 8.91. The summed E-state index contributed by atoms with van der Waals surface area (Å²) in [4.78, 5) is 0. The molecular formula is C8H8Br2N2. The molecule has 2 nitrogen and oxygen atoms in total. The largest absolute Gasteiger partial charge is 0.278 e. The van der Waals surface area contributed by atoms with E-state index in [9.17, 15) is 0 Å². The van der Waals surface area contributed by atoms with Crippen molar-refractivity contribution < 1.29 is 0 Å². The summed E-state index contributed by atoms with van der Waals surface area (Å²) in [6.07, 6.45) is 1.83. The van der Waals surface area contributed by atoms with Gasteiger partial charge in [-0.1, -0.05) is 28.1 Å². The maximum absolute atomic E-state index is 3.94. The topological polar surface area (TPSA) is 28.7 Å². The Labute approximate surface area is 89.3 Å². The summed E-state index contributed by atoms with van der Waals surface area (Å²) >= 11 is 3.40. The average Bonchev–Trinajstić information content (AvgIpc) is 2.50. The van der Waals surface area contributed by atoms with Crippen molar-refractivity contribution in [1.29, 1.82) is 0 Å². The maximum atomic E-state index is 3.94. The number of benzene rings is 1. The second kappa shape index (κ2) is 4.05. The van der Waals surface area contributed by atoms with Crippen LogP contribution in [0.15, 0.2) is 24.4 Å². The molecule has 1 aromatic carbocycles. The van der Waals surface area contributed by atoms with Crippen molar-refractivity contribution in [3.63, 3.8) is 0 Å². The Kier molecular flexibility index (Phi) is 3.29. The summed E-state index contributed by atoms with van der Waals surface area (Å²) in [6.45, 7) is 0. The predicted octanol–water partition coefficient (Wildman–Crippen LogP) is 3.04. The Morgan fingerprint density at radius 1 is 1.42 bits per heavy atom. The van der Waals surface area contributed by atoms with Gasteiger partial charge in [0.25, 0.3) is 0 Å². The van der Waals surface area contributed by atoms with Crippen LogP contribution in [0, 0.1) is 0 Å². The molecule has 1 heterocycles. The molecule has 2 rings (SSSR count). The number of nitrogens with one attached hydrogen (secondary N) is 1. The molecule has 0 saturated heterocycles. The van der Waals surface area contributed by atoms with E-state index in [-0.39, 0.29) is 17.0 Å². The third-order valence-electron chi connectivity index (χ3n) is 1.66. The van der Waals surface area contributed by atoms with Gasteiger partial charge in [-0.25, -0.2) is 0 Å². The Hall–Kier alpha value is -0.350. The molecule has 12 heavy (non-hydrogen) atoms. The number of fused-ring (bicyclic) bond motifs is 1. The fraction of sp³-hybridized carbons (Fsp3) is 0.125. The van der Waals surface area contributed by atoms with Crippen LogP contribution in [0.1, 0.15) is 5.56 Å². The van der Waals surface area contributed by atoms with Crippen LogP contribution in [0.2, 0.25) is 0 Å². The number of alkyl halides is 1. The highest BCUT2D eigenvalue weighted by atomic mass is 79.9. The van der Waals surface area contributed by atoms with Gasteiger partial charge in [-0.3, -0.25) is 5.10 Å². The van der Waals surface area contributed by atoms with E-state index < -0.39 is 0 Å². The number of halogens is 2. The maximum Gasteiger partial charge on any atom is 0.0653 e. The number of H-pyrrole nitrogens is 1. The summed E-state index contributed by atoms with van der Waals surface area (Å²) < 4.78 is 0. The first-order chi connectivity index (χ1) is 5.40. The van der Waals surface area contributed by atoms with Crippen molar-refractivity contribution >= 4 is 43.8 Å². The monoisotopic (exact) mass is 290 g/mol. The molecule has 0 radical (unpaired) electrons. The highest BCUT2D eigenvalue weighted by molar-refractivity contribution is 9.08. The van der Waals surface area contributed by atoms with Gasteiger partial charge in [0.1, 0.15) is 0 Å². The summed E-state index contributed by atoms with van der Waals surface area (Å²) in [7, 11) is 0. The quantitative estimate of drug-likeness (QED) is 0.804. The molecule has 2 aromatic rings. The first-order valence-corrected chi connectivity index (χ1v) is 4.50. The molecule has 0 unspecified atom stereocenters. The zero-order chi connectivity index (χ0) is 7.68. The van der Waals surface area contributed by atoms with Crippen molar-refractivity contribution in [2.24, 2.45) is 0 Å². The van der Waals surface area contributed by atoms with E-state index in [1.807, 2.05) is 6.20 Å². The molecule has 1 aromatic heterocycles. The van der Waals surface area contributed by atoms with Gasteiger partial charge in [-0.05, 0) is 11.6 Å². The lowest BCUT2D eigenvalue weighted by Crippen LogP contribution is -1.75. The van der Waals surface area contributed by atoms with Gasteiger partial charge >= 0.3 is 0 Å².